The van der Waals surface area contributed by atoms with Crippen LogP contribution in [0.2, 0.25) is 0 Å². The van der Waals surface area contributed by atoms with Gasteiger partial charge in [-0.2, -0.15) is 0 Å². The molecule has 15 heavy (non-hydrogen) atoms. The predicted octanol–water partition coefficient (Wildman–Crippen LogP) is 4.29. The lowest BCUT2D eigenvalue weighted by Gasteiger charge is -2.02. The van der Waals surface area contributed by atoms with E-state index in [1.54, 1.807) is 6.26 Å². The maximum absolute atomic E-state index is 5.38. The summed E-state index contributed by atoms with van der Waals surface area (Å²) in [7, 11) is 0. The SMILES string of the molecule is CCCCc1cccc(-c2ccco2)c1. The average Bonchev–Trinajstić information content (AvgIpc) is 2.80. The van der Waals surface area contributed by atoms with Crippen LogP contribution in [0.4, 0.5) is 0 Å². The molecule has 0 amide bonds. The smallest absolute Gasteiger partial charge is 0.133 e. The lowest BCUT2D eigenvalue weighted by Crippen LogP contribution is -1.85. The largest absolute Gasteiger partial charge is 0.464 e. The molecule has 0 spiro atoms. The van der Waals surface area contributed by atoms with Crippen molar-refractivity contribution in [3.05, 3.63) is 48.2 Å². The Balaban J connectivity index is 2.19. The van der Waals surface area contributed by atoms with Gasteiger partial charge in [0.2, 0.25) is 0 Å². The fourth-order valence-corrected chi connectivity index (χ4v) is 1.70. The van der Waals surface area contributed by atoms with Crippen molar-refractivity contribution in [3.63, 3.8) is 0 Å². The van der Waals surface area contributed by atoms with Crippen molar-refractivity contribution >= 4 is 0 Å². The van der Waals surface area contributed by atoms with Crippen LogP contribution in [0.3, 0.4) is 0 Å². The number of furan rings is 1. The molecule has 78 valence electrons. The summed E-state index contributed by atoms with van der Waals surface area (Å²) in [6, 6.07) is 12.5. The van der Waals surface area contributed by atoms with E-state index in [1.807, 2.05) is 12.1 Å². The van der Waals surface area contributed by atoms with Crippen LogP contribution in [-0.2, 0) is 6.42 Å². The minimum atomic E-state index is 0.952. The monoisotopic (exact) mass is 200 g/mol. The first-order chi connectivity index (χ1) is 7.40. The predicted molar refractivity (Wildman–Crippen MR) is 62.8 cm³/mol. The van der Waals surface area contributed by atoms with Crippen LogP contribution in [0.15, 0.2) is 47.1 Å². The van der Waals surface area contributed by atoms with Gasteiger partial charge in [0.05, 0.1) is 6.26 Å². The molecular weight excluding hydrogens is 184 g/mol. The molecule has 0 aliphatic heterocycles. The quantitative estimate of drug-likeness (QED) is 0.717. The van der Waals surface area contributed by atoms with Crippen molar-refractivity contribution in [2.24, 2.45) is 0 Å². The molecule has 0 unspecified atom stereocenters. The highest BCUT2D eigenvalue weighted by atomic mass is 16.3. The van der Waals surface area contributed by atoms with Crippen LogP contribution in [0.5, 0.6) is 0 Å². The van der Waals surface area contributed by atoms with Crippen LogP contribution in [-0.4, -0.2) is 0 Å². The Kier molecular flexibility index (Phi) is 3.23. The molecule has 0 bridgehead atoms. The molecule has 1 aromatic carbocycles. The third-order valence-corrected chi connectivity index (χ3v) is 2.55. The van der Waals surface area contributed by atoms with Gasteiger partial charge in [-0.1, -0.05) is 31.5 Å². The highest BCUT2D eigenvalue weighted by Gasteiger charge is 2.00. The van der Waals surface area contributed by atoms with Crippen molar-refractivity contribution in [1.29, 1.82) is 0 Å². The van der Waals surface area contributed by atoms with Crippen LogP contribution in [0, 0.1) is 0 Å². The molecule has 2 aromatic rings. The molecule has 2 rings (SSSR count). The molecule has 0 fully saturated rings. The van der Waals surface area contributed by atoms with Gasteiger partial charge in [0, 0.05) is 5.56 Å². The molecule has 0 saturated heterocycles. The highest BCUT2D eigenvalue weighted by molar-refractivity contribution is 5.58. The summed E-state index contributed by atoms with van der Waals surface area (Å²) in [5.74, 6) is 0.952. The molecule has 0 aliphatic rings. The third kappa shape index (κ3) is 2.50. The Hall–Kier alpha value is -1.50. The van der Waals surface area contributed by atoms with E-state index < -0.39 is 0 Å². The molecule has 1 heteroatoms. The summed E-state index contributed by atoms with van der Waals surface area (Å²) >= 11 is 0. The van der Waals surface area contributed by atoms with E-state index in [0.717, 1.165) is 12.2 Å². The zero-order valence-electron chi connectivity index (χ0n) is 9.07. The maximum Gasteiger partial charge on any atom is 0.133 e. The van der Waals surface area contributed by atoms with Gasteiger partial charge in [0.25, 0.3) is 0 Å². The van der Waals surface area contributed by atoms with Gasteiger partial charge in [-0.25, -0.2) is 0 Å². The molecule has 1 aromatic heterocycles. The van der Waals surface area contributed by atoms with Gasteiger partial charge < -0.3 is 4.42 Å². The summed E-state index contributed by atoms with van der Waals surface area (Å²) in [6.07, 6.45) is 5.37. The Morgan fingerprint density at radius 1 is 1.13 bits per heavy atom. The van der Waals surface area contributed by atoms with Gasteiger partial charge in [-0.15, -0.1) is 0 Å². The molecule has 0 saturated carbocycles. The Labute approximate surface area is 90.7 Å². The zero-order chi connectivity index (χ0) is 10.5. The lowest BCUT2D eigenvalue weighted by molar-refractivity contribution is 0.582. The first-order valence-electron chi connectivity index (χ1n) is 5.53. The van der Waals surface area contributed by atoms with Crippen LogP contribution in [0.1, 0.15) is 25.3 Å². The van der Waals surface area contributed by atoms with E-state index in [9.17, 15) is 0 Å². The summed E-state index contributed by atoms with van der Waals surface area (Å²) in [6.45, 7) is 2.22. The molecule has 1 heterocycles. The van der Waals surface area contributed by atoms with E-state index in [4.69, 9.17) is 4.42 Å². The third-order valence-electron chi connectivity index (χ3n) is 2.55. The second-order valence-corrected chi connectivity index (χ2v) is 3.78. The molecular formula is C14H16O. The Morgan fingerprint density at radius 3 is 2.80 bits per heavy atom. The van der Waals surface area contributed by atoms with Crippen molar-refractivity contribution in [2.75, 3.05) is 0 Å². The van der Waals surface area contributed by atoms with Gasteiger partial charge in [0.15, 0.2) is 0 Å². The number of unbranched alkanes of at least 4 members (excludes halogenated alkanes) is 1. The van der Waals surface area contributed by atoms with E-state index in [-0.39, 0.29) is 0 Å². The van der Waals surface area contributed by atoms with Crippen molar-refractivity contribution in [2.45, 2.75) is 26.2 Å². The normalized spacial score (nSPS) is 10.5. The standard InChI is InChI=1S/C14H16O/c1-2-3-6-12-7-4-8-13(11-12)14-9-5-10-15-14/h4-5,7-11H,2-3,6H2,1H3. The van der Waals surface area contributed by atoms with E-state index >= 15 is 0 Å². The number of rotatable bonds is 4. The van der Waals surface area contributed by atoms with E-state index in [1.165, 1.54) is 24.0 Å². The second kappa shape index (κ2) is 4.83. The fourth-order valence-electron chi connectivity index (χ4n) is 1.70. The summed E-state index contributed by atoms with van der Waals surface area (Å²) in [5, 5.41) is 0. The van der Waals surface area contributed by atoms with Crippen molar-refractivity contribution in [1.82, 2.24) is 0 Å². The van der Waals surface area contributed by atoms with Crippen LogP contribution in [0.25, 0.3) is 11.3 Å². The molecule has 1 nitrogen and oxygen atoms in total. The van der Waals surface area contributed by atoms with Crippen molar-refractivity contribution < 1.29 is 4.42 Å². The topological polar surface area (TPSA) is 13.1 Å². The fraction of sp³-hybridized carbons (Fsp3) is 0.286. The average molecular weight is 200 g/mol. The van der Waals surface area contributed by atoms with Crippen LogP contribution < -0.4 is 0 Å². The van der Waals surface area contributed by atoms with Gasteiger partial charge >= 0.3 is 0 Å². The van der Waals surface area contributed by atoms with Gasteiger partial charge in [0.1, 0.15) is 5.76 Å². The number of benzene rings is 1. The summed E-state index contributed by atoms with van der Waals surface area (Å²) < 4.78 is 5.38. The minimum Gasteiger partial charge on any atom is -0.464 e. The van der Waals surface area contributed by atoms with E-state index in [2.05, 4.69) is 31.2 Å². The maximum atomic E-state index is 5.38. The van der Waals surface area contributed by atoms with Gasteiger partial charge in [-0.05, 0) is 36.6 Å². The minimum absolute atomic E-state index is 0.952. The molecule has 0 atom stereocenters. The van der Waals surface area contributed by atoms with Gasteiger partial charge in [-0.3, -0.25) is 0 Å². The molecule has 0 N–H and O–H groups in total. The number of hydrogen-bond donors (Lipinski definition) is 0. The highest BCUT2D eigenvalue weighted by Crippen LogP contribution is 2.21. The lowest BCUT2D eigenvalue weighted by atomic mass is 10.0. The number of hydrogen-bond acceptors (Lipinski definition) is 1. The first kappa shape index (κ1) is 10.0. The Morgan fingerprint density at radius 2 is 2.07 bits per heavy atom. The summed E-state index contributed by atoms with van der Waals surface area (Å²) in [5.41, 5.74) is 2.57. The van der Waals surface area contributed by atoms with Crippen LogP contribution >= 0.6 is 0 Å². The molecule has 0 aliphatic carbocycles. The second-order valence-electron chi connectivity index (χ2n) is 3.78. The number of aryl methyl sites for hydroxylation is 1. The van der Waals surface area contributed by atoms with E-state index in [0.29, 0.717) is 0 Å². The molecule has 0 radical (unpaired) electrons. The zero-order valence-corrected chi connectivity index (χ0v) is 9.07. The Bertz CT molecular complexity index is 401. The first-order valence-corrected chi connectivity index (χ1v) is 5.53. The van der Waals surface area contributed by atoms with Crippen molar-refractivity contribution in [3.8, 4) is 11.3 Å². The summed E-state index contributed by atoms with van der Waals surface area (Å²) in [4.78, 5) is 0.